The van der Waals surface area contributed by atoms with E-state index in [9.17, 15) is 14.4 Å². The first-order chi connectivity index (χ1) is 8.42. The molecule has 1 atom stereocenters. The lowest BCUT2D eigenvalue weighted by atomic mass is 9.80. The zero-order valence-corrected chi connectivity index (χ0v) is 12.9. The van der Waals surface area contributed by atoms with Crippen molar-refractivity contribution in [2.24, 2.45) is 16.7 Å². The third kappa shape index (κ3) is 4.15. The van der Waals surface area contributed by atoms with Gasteiger partial charge in [0.2, 0.25) is 11.8 Å². The summed E-state index contributed by atoms with van der Waals surface area (Å²) in [7, 11) is 0. The molecule has 0 aliphatic carbocycles. The molecule has 1 saturated heterocycles. The minimum atomic E-state index is -0.303. The van der Waals surface area contributed by atoms with E-state index in [1.165, 1.54) is 0 Å². The summed E-state index contributed by atoms with van der Waals surface area (Å²) in [6.07, 6.45) is 0.607. The van der Waals surface area contributed by atoms with Gasteiger partial charge < -0.3 is 0 Å². The van der Waals surface area contributed by atoms with Gasteiger partial charge in [-0.2, -0.15) is 0 Å². The average Bonchev–Trinajstić information content (AvgIpc) is 2.41. The molecule has 0 aromatic carbocycles. The van der Waals surface area contributed by atoms with Gasteiger partial charge in [0.1, 0.15) is 0 Å². The largest absolute Gasteiger partial charge is 0.298 e. The molecule has 1 heterocycles. The Bertz CT molecular complexity index is 399. The van der Waals surface area contributed by atoms with Crippen molar-refractivity contribution in [1.29, 1.82) is 0 Å². The molecule has 0 radical (unpaired) electrons. The fraction of sp³-hybridized carbons (Fsp3) is 0.800. The van der Waals surface area contributed by atoms with Gasteiger partial charge in [-0.15, -0.1) is 0 Å². The summed E-state index contributed by atoms with van der Waals surface area (Å²) in [5.41, 5.74) is -0.360. The van der Waals surface area contributed by atoms with E-state index < -0.39 is 0 Å². The first-order valence-corrected chi connectivity index (χ1v) is 6.78. The number of imide groups is 1. The van der Waals surface area contributed by atoms with Gasteiger partial charge >= 0.3 is 0 Å². The number of hydrogen-bond acceptors (Lipinski definition) is 3. The molecule has 0 spiro atoms. The second kappa shape index (κ2) is 5.06. The lowest BCUT2D eigenvalue weighted by Gasteiger charge is -2.25. The highest BCUT2D eigenvalue weighted by Crippen LogP contribution is 2.35. The Labute approximate surface area is 115 Å². The maximum Gasteiger partial charge on any atom is 0.233 e. The second-order valence-electron chi connectivity index (χ2n) is 7.72. The molecule has 0 aromatic rings. The van der Waals surface area contributed by atoms with Crippen LogP contribution in [0.15, 0.2) is 0 Å². The van der Waals surface area contributed by atoms with E-state index in [1.54, 1.807) is 0 Å². The summed E-state index contributed by atoms with van der Waals surface area (Å²) in [5.74, 6) is -0.766. The molecule has 0 saturated carbocycles. The number of nitrogens with zero attached hydrogens (tertiary/aromatic N) is 1. The number of ketones is 1. The Morgan fingerprint density at radius 2 is 1.68 bits per heavy atom. The smallest absolute Gasteiger partial charge is 0.233 e. The van der Waals surface area contributed by atoms with Gasteiger partial charge in [0.15, 0.2) is 5.78 Å². The van der Waals surface area contributed by atoms with Gasteiger partial charge in [0.05, 0.1) is 12.5 Å². The third-order valence-corrected chi connectivity index (χ3v) is 3.35. The topological polar surface area (TPSA) is 54.5 Å². The minimum absolute atomic E-state index is 0.0521. The number of hydrogen-bond donors (Lipinski definition) is 0. The van der Waals surface area contributed by atoms with Crippen LogP contribution in [0.4, 0.5) is 0 Å². The van der Waals surface area contributed by atoms with Crippen LogP contribution in [-0.4, -0.2) is 29.0 Å². The Hall–Kier alpha value is -1.19. The molecule has 4 heteroatoms. The van der Waals surface area contributed by atoms with E-state index in [0.29, 0.717) is 6.42 Å². The van der Waals surface area contributed by atoms with Gasteiger partial charge in [0.25, 0.3) is 0 Å². The number of rotatable bonds is 3. The highest BCUT2D eigenvalue weighted by molar-refractivity contribution is 6.06. The van der Waals surface area contributed by atoms with Gasteiger partial charge in [-0.1, -0.05) is 41.5 Å². The van der Waals surface area contributed by atoms with E-state index in [2.05, 4.69) is 0 Å². The zero-order valence-electron chi connectivity index (χ0n) is 12.9. The maximum atomic E-state index is 12.2. The Kier molecular flexibility index (Phi) is 4.23. The summed E-state index contributed by atoms with van der Waals surface area (Å²) in [5, 5.41) is 0. The Morgan fingerprint density at radius 3 is 2.05 bits per heavy atom. The summed E-state index contributed by atoms with van der Waals surface area (Å²) in [6.45, 7) is 11.7. The summed E-state index contributed by atoms with van der Waals surface area (Å²) in [4.78, 5) is 37.2. The number of likely N-dealkylation sites (tertiary alicyclic amines) is 1. The molecular formula is C15H25NO3. The second-order valence-corrected chi connectivity index (χ2v) is 7.72. The van der Waals surface area contributed by atoms with Crippen molar-refractivity contribution in [3.05, 3.63) is 0 Å². The van der Waals surface area contributed by atoms with Crippen LogP contribution in [0.25, 0.3) is 0 Å². The Morgan fingerprint density at radius 1 is 1.16 bits per heavy atom. The van der Waals surface area contributed by atoms with Crippen LogP contribution in [-0.2, 0) is 14.4 Å². The molecule has 1 aliphatic rings. The lowest BCUT2D eigenvalue weighted by molar-refractivity contribution is -0.143. The molecule has 0 aromatic heterocycles. The number of amides is 2. The number of Topliss-reactive ketones (excluding diaryl/α,β-unsaturated/α-hetero) is 1. The van der Waals surface area contributed by atoms with Crippen molar-refractivity contribution >= 4 is 17.6 Å². The van der Waals surface area contributed by atoms with E-state index >= 15 is 0 Å². The summed E-state index contributed by atoms with van der Waals surface area (Å²) >= 11 is 0. The van der Waals surface area contributed by atoms with Crippen molar-refractivity contribution in [3.8, 4) is 0 Å². The van der Waals surface area contributed by atoms with Crippen molar-refractivity contribution in [2.75, 3.05) is 6.54 Å². The van der Waals surface area contributed by atoms with Crippen LogP contribution in [0.5, 0.6) is 0 Å². The molecule has 2 amide bonds. The van der Waals surface area contributed by atoms with Crippen molar-refractivity contribution < 1.29 is 14.4 Å². The predicted octanol–water partition coefficient (Wildman–Crippen LogP) is 2.41. The van der Waals surface area contributed by atoms with E-state index in [-0.39, 0.29) is 47.3 Å². The molecule has 1 fully saturated rings. The van der Waals surface area contributed by atoms with Gasteiger partial charge in [-0.3, -0.25) is 19.3 Å². The highest BCUT2D eigenvalue weighted by Gasteiger charge is 2.45. The molecule has 1 unspecified atom stereocenters. The van der Waals surface area contributed by atoms with Crippen LogP contribution < -0.4 is 0 Å². The van der Waals surface area contributed by atoms with E-state index in [4.69, 9.17) is 0 Å². The number of carbonyl (C=O) groups is 3. The van der Waals surface area contributed by atoms with Crippen LogP contribution in [0.2, 0.25) is 0 Å². The van der Waals surface area contributed by atoms with Crippen LogP contribution in [0.3, 0.4) is 0 Å². The zero-order chi connectivity index (χ0) is 15.0. The fourth-order valence-corrected chi connectivity index (χ4v) is 2.35. The predicted molar refractivity (Wildman–Crippen MR) is 73.4 cm³/mol. The van der Waals surface area contributed by atoms with Crippen LogP contribution in [0.1, 0.15) is 54.4 Å². The first-order valence-electron chi connectivity index (χ1n) is 6.78. The summed E-state index contributed by atoms with van der Waals surface area (Å²) in [6, 6.07) is 0. The molecule has 0 bridgehead atoms. The maximum absolute atomic E-state index is 12.2. The van der Waals surface area contributed by atoms with Crippen LogP contribution in [0, 0.1) is 16.7 Å². The molecular weight excluding hydrogens is 242 g/mol. The standard InChI is InChI=1S/C15H25NO3/c1-14(2,3)8-10(17)9-16-12(18)7-11(13(16)19)15(4,5)6/h11H,7-9H2,1-6H3. The quantitative estimate of drug-likeness (QED) is 0.738. The monoisotopic (exact) mass is 267 g/mol. The first kappa shape index (κ1) is 15.9. The molecule has 0 N–H and O–H groups in total. The summed E-state index contributed by atoms with van der Waals surface area (Å²) < 4.78 is 0. The molecule has 4 nitrogen and oxygen atoms in total. The van der Waals surface area contributed by atoms with Crippen molar-refractivity contribution in [1.82, 2.24) is 4.90 Å². The fourth-order valence-electron chi connectivity index (χ4n) is 2.35. The molecule has 108 valence electrons. The lowest BCUT2D eigenvalue weighted by Crippen LogP contribution is -2.38. The van der Waals surface area contributed by atoms with Crippen molar-refractivity contribution in [2.45, 2.75) is 54.4 Å². The van der Waals surface area contributed by atoms with Gasteiger partial charge in [-0.25, -0.2) is 0 Å². The van der Waals surface area contributed by atoms with Gasteiger partial charge in [0, 0.05) is 12.8 Å². The third-order valence-electron chi connectivity index (χ3n) is 3.35. The van der Waals surface area contributed by atoms with E-state index in [1.807, 2.05) is 41.5 Å². The molecule has 1 aliphatic heterocycles. The SMILES string of the molecule is CC(C)(C)CC(=O)CN1C(=O)CC(C(C)(C)C)C1=O. The normalized spacial score (nSPS) is 21.2. The van der Waals surface area contributed by atoms with Gasteiger partial charge in [-0.05, 0) is 10.8 Å². The average molecular weight is 267 g/mol. The Balaban J connectivity index is 2.73. The highest BCUT2D eigenvalue weighted by atomic mass is 16.2. The molecule has 19 heavy (non-hydrogen) atoms. The molecule has 1 rings (SSSR count). The number of carbonyl (C=O) groups excluding carboxylic acids is 3. The minimum Gasteiger partial charge on any atom is -0.298 e. The van der Waals surface area contributed by atoms with Crippen molar-refractivity contribution in [3.63, 3.8) is 0 Å². The van der Waals surface area contributed by atoms with E-state index in [0.717, 1.165) is 4.90 Å². The van der Waals surface area contributed by atoms with Crippen LogP contribution >= 0.6 is 0 Å².